The molecule has 0 bridgehead atoms. The lowest BCUT2D eigenvalue weighted by atomic mass is 9.90. The van der Waals surface area contributed by atoms with Crippen LogP contribution in [0.1, 0.15) is 30.7 Å². The van der Waals surface area contributed by atoms with Crippen LogP contribution < -0.4 is 0 Å². The van der Waals surface area contributed by atoms with E-state index in [1.54, 1.807) is 0 Å². The second-order valence-corrected chi connectivity index (χ2v) is 4.69. The van der Waals surface area contributed by atoms with Crippen LogP contribution in [0.3, 0.4) is 0 Å². The van der Waals surface area contributed by atoms with Gasteiger partial charge in [-0.15, -0.1) is 12.4 Å². The minimum absolute atomic E-state index is 0. The van der Waals surface area contributed by atoms with Crippen LogP contribution in [-0.2, 0) is 4.79 Å². The van der Waals surface area contributed by atoms with Gasteiger partial charge in [-0.25, -0.2) is 0 Å². The van der Waals surface area contributed by atoms with Crippen molar-refractivity contribution in [1.82, 2.24) is 4.90 Å². The van der Waals surface area contributed by atoms with Gasteiger partial charge in [0.25, 0.3) is 0 Å². The van der Waals surface area contributed by atoms with Gasteiger partial charge in [0, 0.05) is 13.1 Å². The monoisotopic (exact) mass is 269 g/mol. The Kier molecular flexibility index (Phi) is 6.16. The van der Waals surface area contributed by atoms with E-state index in [9.17, 15) is 4.79 Å². The molecule has 3 nitrogen and oxygen atoms in total. The number of halogens is 1. The van der Waals surface area contributed by atoms with Crippen molar-refractivity contribution < 1.29 is 9.90 Å². The molecular weight excluding hydrogens is 250 g/mol. The van der Waals surface area contributed by atoms with E-state index in [4.69, 9.17) is 5.11 Å². The Labute approximate surface area is 114 Å². The molecule has 1 saturated heterocycles. The average molecular weight is 270 g/mol. The molecule has 0 aliphatic carbocycles. The number of rotatable bonds is 4. The summed E-state index contributed by atoms with van der Waals surface area (Å²) in [4.78, 5) is 12.8. The van der Waals surface area contributed by atoms with Gasteiger partial charge in [0.05, 0.1) is 6.42 Å². The summed E-state index contributed by atoms with van der Waals surface area (Å²) in [6, 6.07) is 10.5. The van der Waals surface area contributed by atoms with E-state index in [-0.39, 0.29) is 18.8 Å². The molecule has 1 fully saturated rings. The van der Waals surface area contributed by atoms with Crippen LogP contribution in [0, 0.1) is 0 Å². The van der Waals surface area contributed by atoms with Crippen molar-refractivity contribution in [3.63, 3.8) is 0 Å². The number of piperidine rings is 1. The van der Waals surface area contributed by atoms with E-state index in [0.717, 1.165) is 13.1 Å². The molecule has 0 saturated carbocycles. The first-order valence-corrected chi connectivity index (χ1v) is 6.25. The first kappa shape index (κ1) is 15.0. The standard InChI is InChI=1S/C14H19NO2.ClH/c16-14(17)8-10-15-9-4-7-13(11-15)12-5-2-1-3-6-12;/h1-3,5-6,13H,4,7-11H2,(H,16,17);1H. The Morgan fingerprint density at radius 3 is 2.72 bits per heavy atom. The summed E-state index contributed by atoms with van der Waals surface area (Å²) in [5.74, 6) is -0.134. The van der Waals surface area contributed by atoms with Crippen LogP contribution in [0.15, 0.2) is 30.3 Å². The molecule has 18 heavy (non-hydrogen) atoms. The molecular formula is C14H20ClNO2. The molecule has 1 aliphatic rings. The highest BCUT2D eigenvalue weighted by atomic mass is 35.5. The summed E-state index contributed by atoms with van der Waals surface area (Å²) in [7, 11) is 0. The lowest BCUT2D eigenvalue weighted by molar-refractivity contribution is -0.137. The zero-order valence-electron chi connectivity index (χ0n) is 10.4. The normalized spacial score (nSPS) is 20.1. The van der Waals surface area contributed by atoms with E-state index >= 15 is 0 Å². The van der Waals surface area contributed by atoms with Crippen molar-refractivity contribution in [3.8, 4) is 0 Å². The molecule has 1 atom stereocenters. The zero-order valence-corrected chi connectivity index (χ0v) is 11.2. The maximum Gasteiger partial charge on any atom is 0.304 e. The van der Waals surface area contributed by atoms with Gasteiger partial charge in [0.1, 0.15) is 0 Å². The van der Waals surface area contributed by atoms with Gasteiger partial charge in [-0.05, 0) is 30.9 Å². The number of carboxylic acid groups (broad SMARTS) is 1. The molecule has 0 amide bonds. The van der Waals surface area contributed by atoms with Gasteiger partial charge in [-0.1, -0.05) is 30.3 Å². The summed E-state index contributed by atoms with van der Waals surface area (Å²) in [5, 5.41) is 8.70. The van der Waals surface area contributed by atoms with E-state index < -0.39 is 5.97 Å². The molecule has 1 unspecified atom stereocenters. The third kappa shape index (κ3) is 4.31. The molecule has 1 heterocycles. The number of hydrogen-bond acceptors (Lipinski definition) is 2. The van der Waals surface area contributed by atoms with Crippen molar-refractivity contribution in [3.05, 3.63) is 35.9 Å². The smallest absolute Gasteiger partial charge is 0.304 e. The summed E-state index contributed by atoms with van der Waals surface area (Å²) in [5.41, 5.74) is 1.38. The molecule has 1 aromatic rings. The molecule has 100 valence electrons. The van der Waals surface area contributed by atoms with Crippen LogP contribution in [0.4, 0.5) is 0 Å². The van der Waals surface area contributed by atoms with Gasteiger partial charge in [-0.2, -0.15) is 0 Å². The lowest BCUT2D eigenvalue weighted by Crippen LogP contribution is -2.35. The fourth-order valence-electron chi connectivity index (χ4n) is 2.51. The highest BCUT2D eigenvalue weighted by Gasteiger charge is 2.21. The maximum atomic E-state index is 10.6. The van der Waals surface area contributed by atoms with Crippen LogP contribution in [0.5, 0.6) is 0 Å². The van der Waals surface area contributed by atoms with Crippen molar-refractivity contribution in [2.75, 3.05) is 19.6 Å². The van der Waals surface area contributed by atoms with Gasteiger partial charge in [0.2, 0.25) is 0 Å². The Morgan fingerprint density at radius 1 is 1.33 bits per heavy atom. The number of aliphatic carboxylic acids is 1. The van der Waals surface area contributed by atoms with Crippen LogP contribution in [0.2, 0.25) is 0 Å². The van der Waals surface area contributed by atoms with E-state index in [1.807, 2.05) is 6.07 Å². The van der Waals surface area contributed by atoms with Gasteiger partial charge in [0.15, 0.2) is 0 Å². The Hall–Kier alpha value is -1.06. The van der Waals surface area contributed by atoms with Gasteiger partial charge >= 0.3 is 5.97 Å². The molecule has 0 aromatic heterocycles. The minimum Gasteiger partial charge on any atom is -0.481 e. The fraction of sp³-hybridized carbons (Fsp3) is 0.500. The third-order valence-corrected chi connectivity index (χ3v) is 3.42. The van der Waals surface area contributed by atoms with Crippen molar-refractivity contribution in [2.45, 2.75) is 25.2 Å². The predicted molar refractivity (Wildman–Crippen MR) is 74.4 cm³/mol. The quantitative estimate of drug-likeness (QED) is 0.914. The first-order chi connectivity index (χ1) is 8.25. The summed E-state index contributed by atoms with van der Waals surface area (Å²) in [6.07, 6.45) is 2.63. The minimum atomic E-state index is -0.702. The van der Waals surface area contributed by atoms with Gasteiger partial charge < -0.3 is 10.0 Å². The van der Waals surface area contributed by atoms with E-state index in [2.05, 4.69) is 29.2 Å². The van der Waals surface area contributed by atoms with Crippen molar-refractivity contribution in [1.29, 1.82) is 0 Å². The highest BCUT2D eigenvalue weighted by Crippen LogP contribution is 2.26. The van der Waals surface area contributed by atoms with Crippen molar-refractivity contribution in [2.24, 2.45) is 0 Å². The maximum absolute atomic E-state index is 10.6. The summed E-state index contributed by atoms with van der Waals surface area (Å²) < 4.78 is 0. The Balaban J connectivity index is 0.00000162. The second-order valence-electron chi connectivity index (χ2n) is 4.69. The van der Waals surface area contributed by atoms with Crippen molar-refractivity contribution >= 4 is 18.4 Å². The SMILES string of the molecule is Cl.O=C(O)CCN1CCCC(c2ccccc2)C1. The number of likely N-dealkylation sites (tertiary alicyclic amines) is 1. The molecule has 1 N–H and O–H groups in total. The topological polar surface area (TPSA) is 40.5 Å². The van der Waals surface area contributed by atoms with Crippen LogP contribution in [0.25, 0.3) is 0 Å². The predicted octanol–water partition coefficient (Wildman–Crippen LogP) is 2.76. The largest absolute Gasteiger partial charge is 0.481 e. The Morgan fingerprint density at radius 2 is 2.06 bits per heavy atom. The molecule has 2 rings (SSSR count). The number of benzene rings is 1. The highest BCUT2D eigenvalue weighted by molar-refractivity contribution is 5.85. The molecule has 0 radical (unpaired) electrons. The third-order valence-electron chi connectivity index (χ3n) is 3.42. The fourth-order valence-corrected chi connectivity index (χ4v) is 2.51. The van der Waals surface area contributed by atoms with E-state index in [1.165, 1.54) is 18.4 Å². The summed E-state index contributed by atoms with van der Waals surface area (Å²) in [6.45, 7) is 2.71. The lowest BCUT2D eigenvalue weighted by Gasteiger charge is -2.32. The van der Waals surface area contributed by atoms with Crippen LogP contribution in [-0.4, -0.2) is 35.6 Å². The second kappa shape index (κ2) is 7.39. The van der Waals surface area contributed by atoms with E-state index in [0.29, 0.717) is 12.5 Å². The summed E-state index contributed by atoms with van der Waals surface area (Å²) >= 11 is 0. The number of hydrogen-bond donors (Lipinski definition) is 1. The number of nitrogens with zero attached hydrogens (tertiary/aromatic N) is 1. The first-order valence-electron chi connectivity index (χ1n) is 6.25. The number of carbonyl (C=O) groups is 1. The molecule has 0 spiro atoms. The number of carboxylic acids is 1. The molecule has 4 heteroatoms. The zero-order chi connectivity index (χ0) is 12.1. The van der Waals surface area contributed by atoms with Gasteiger partial charge in [-0.3, -0.25) is 4.79 Å². The molecule has 1 aliphatic heterocycles. The average Bonchev–Trinajstić information content (AvgIpc) is 2.38. The Bertz CT molecular complexity index is 369. The van der Waals surface area contributed by atoms with Crippen LogP contribution >= 0.6 is 12.4 Å². The molecule has 1 aromatic carbocycles.